The Labute approximate surface area is 305 Å². The lowest BCUT2D eigenvalue weighted by atomic mass is 9.84. The zero-order valence-corrected chi connectivity index (χ0v) is 29.0. The summed E-state index contributed by atoms with van der Waals surface area (Å²) in [4.78, 5) is 14.5. The Kier molecular flexibility index (Phi) is 8.77. The average molecular weight is 701 g/mol. The average Bonchev–Trinajstić information content (AvgIpc) is 3.84. The molecule has 0 aliphatic carbocycles. The molecule has 0 amide bonds. The maximum absolute atomic E-state index is 14.4. The minimum atomic E-state index is -0.870. The Bertz CT molecular complexity index is 2210. The van der Waals surface area contributed by atoms with Gasteiger partial charge in [-0.15, -0.1) is 10.2 Å². The predicted octanol–water partition coefficient (Wildman–Crippen LogP) is 10.4. The Morgan fingerprint density at radius 3 is 1.04 bits per heavy atom. The predicted molar refractivity (Wildman–Crippen MR) is 204 cm³/mol. The fourth-order valence-electron chi connectivity index (χ4n) is 6.33. The van der Waals surface area contributed by atoms with E-state index in [2.05, 4.69) is 20.0 Å². The van der Waals surface area contributed by atoms with E-state index in [1.54, 1.807) is 12.4 Å². The van der Waals surface area contributed by atoms with Gasteiger partial charge >= 0.3 is 0 Å². The van der Waals surface area contributed by atoms with E-state index < -0.39 is 17.3 Å². The molecule has 4 heterocycles. The molecular weight excluding hydrogens is 667 g/mol. The maximum Gasteiger partial charge on any atom is 0.233 e. The van der Waals surface area contributed by atoms with Crippen molar-refractivity contribution in [2.75, 3.05) is 9.80 Å². The first-order chi connectivity index (χ1) is 25.8. The van der Waals surface area contributed by atoms with E-state index in [0.29, 0.717) is 23.0 Å². The van der Waals surface area contributed by atoms with Crippen LogP contribution in [0.2, 0.25) is 0 Å². The molecule has 8 rings (SSSR count). The first-order valence-electron chi connectivity index (χ1n) is 17.1. The van der Waals surface area contributed by atoms with Gasteiger partial charge in [-0.1, -0.05) is 72.8 Å². The van der Waals surface area contributed by atoms with Gasteiger partial charge in [0.15, 0.2) is 11.6 Å². The van der Waals surface area contributed by atoms with Crippen molar-refractivity contribution >= 4 is 34.1 Å². The van der Waals surface area contributed by atoms with Crippen molar-refractivity contribution in [3.8, 4) is 11.6 Å². The Balaban J connectivity index is 1.35. The van der Waals surface area contributed by atoms with Gasteiger partial charge in [-0.2, -0.15) is 8.78 Å². The summed E-state index contributed by atoms with van der Waals surface area (Å²) in [6.07, 6.45) is 3.10. The summed E-state index contributed by atoms with van der Waals surface area (Å²) >= 11 is 0. The summed E-state index contributed by atoms with van der Waals surface area (Å²) in [7, 11) is 0. The van der Waals surface area contributed by atoms with Gasteiger partial charge in [0.1, 0.15) is 0 Å². The standard InChI is InChI=1S/C43H34F2N8/c1-43(2,37-27-35(29-41(46-37)50-25-23-39(44)48-50)52(31-15-7-3-8-16-31)32-17-9-4-10-18-32)38-28-36(30-42(47-38)51-26-24-40(45)49-51)53(33-19-11-5-12-20-33)34-21-13-6-14-22-34/h3-30H,1-2H3. The molecule has 0 unspecified atom stereocenters. The fourth-order valence-corrected chi connectivity index (χ4v) is 6.33. The number of nitrogens with zero attached hydrogens (tertiary/aromatic N) is 8. The summed E-state index contributed by atoms with van der Waals surface area (Å²) in [6, 6.07) is 50.5. The van der Waals surface area contributed by atoms with Crippen LogP contribution in [-0.4, -0.2) is 29.5 Å². The maximum atomic E-state index is 14.4. The van der Waals surface area contributed by atoms with E-state index in [1.807, 2.05) is 159 Å². The second-order valence-corrected chi connectivity index (χ2v) is 12.9. The number of aromatic nitrogens is 6. The highest BCUT2D eigenvalue weighted by atomic mass is 19.1. The van der Waals surface area contributed by atoms with E-state index in [0.717, 1.165) is 34.1 Å². The van der Waals surface area contributed by atoms with Gasteiger partial charge < -0.3 is 9.80 Å². The van der Waals surface area contributed by atoms with Crippen LogP contribution in [0.1, 0.15) is 25.2 Å². The van der Waals surface area contributed by atoms with Crippen LogP contribution >= 0.6 is 0 Å². The van der Waals surface area contributed by atoms with Crippen LogP contribution in [0.15, 0.2) is 170 Å². The highest BCUT2D eigenvalue weighted by molar-refractivity contribution is 5.79. The van der Waals surface area contributed by atoms with Gasteiger partial charge in [0.05, 0.1) is 22.8 Å². The van der Waals surface area contributed by atoms with Crippen LogP contribution in [0, 0.1) is 11.9 Å². The molecule has 0 bridgehead atoms. The molecule has 8 nitrogen and oxygen atoms in total. The van der Waals surface area contributed by atoms with Gasteiger partial charge in [0, 0.05) is 64.8 Å². The fraction of sp³-hybridized carbons (Fsp3) is 0.0698. The molecule has 0 fully saturated rings. The minimum Gasteiger partial charge on any atom is -0.310 e. The number of halogens is 2. The molecule has 0 N–H and O–H groups in total. The third-order valence-electron chi connectivity index (χ3n) is 9.03. The van der Waals surface area contributed by atoms with E-state index >= 15 is 0 Å². The third kappa shape index (κ3) is 6.77. The summed E-state index contributed by atoms with van der Waals surface area (Å²) in [5.41, 5.74) is 5.69. The number of pyridine rings is 2. The lowest BCUT2D eigenvalue weighted by Gasteiger charge is -2.31. The summed E-state index contributed by atoms with van der Waals surface area (Å²) in [5, 5.41) is 8.17. The molecule has 260 valence electrons. The van der Waals surface area contributed by atoms with Crippen LogP contribution in [-0.2, 0) is 5.41 Å². The molecule has 0 spiro atoms. The second-order valence-electron chi connectivity index (χ2n) is 12.9. The van der Waals surface area contributed by atoms with E-state index in [9.17, 15) is 8.78 Å². The minimum absolute atomic E-state index is 0.423. The molecule has 10 heteroatoms. The number of rotatable bonds is 10. The molecule has 4 aromatic heterocycles. The number of hydrogen-bond donors (Lipinski definition) is 0. The molecule has 8 aromatic rings. The molecule has 0 aliphatic rings. The van der Waals surface area contributed by atoms with Gasteiger partial charge in [0.2, 0.25) is 11.9 Å². The third-order valence-corrected chi connectivity index (χ3v) is 9.03. The van der Waals surface area contributed by atoms with Crippen molar-refractivity contribution in [1.29, 1.82) is 0 Å². The van der Waals surface area contributed by atoms with Gasteiger partial charge in [-0.3, -0.25) is 0 Å². The van der Waals surface area contributed by atoms with E-state index in [1.165, 1.54) is 21.5 Å². The Morgan fingerprint density at radius 1 is 0.434 bits per heavy atom. The monoisotopic (exact) mass is 700 g/mol. The normalized spacial score (nSPS) is 11.4. The summed E-state index contributed by atoms with van der Waals surface area (Å²) in [5.74, 6) is -0.388. The van der Waals surface area contributed by atoms with Crippen LogP contribution in [0.4, 0.5) is 42.9 Å². The SMILES string of the molecule is CC(C)(c1cc(N(c2ccccc2)c2ccccc2)cc(-n2ccc(F)n2)n1)c1cc(N(c2ccccc2)c2ccccc2)cc(-n2ccc(F)n2)n1. The molecule has 0 atom stereocenters. The zero-order chi connectivity index (χ0) is 36.4. The largest absolute Gasteiger partial charge is 0.310 e. The first kappa shape index (κ1) is 33.2. The van der Waals surface area contributed by atoms with Crippen molar-refractivity contribution in [2.45, 2.75) is 19.3 Å². The smallest absolute Gasteiger partial charge is 0.233 e. The van der Waals surface area contributed by atoms with Gasteiger partial charge in [0.25, 0.3) is 0 Å². The number of hydrogen-bond acceptors (Lipinski definition) is 6. The lowest BCUT2D eigenvalue weighted by Crippen LogP contribution is -2.25. The molecular formula is C43H34F2N8. The van der Waals surface area contributed by atoms with Crippen LogP contribution < -0.4 is 9.80 Å². The van der Waals surface area contributed by atoms with Crippen LogP contribution in [0.5, 0.6) is 0 Å². The number of benzene rings is 4. The Hall–Kier alpha value is -6.94. The number of para-hydroxylation sites is 4. The number of anilines is 6. The zero-order valence-electron chi connectivity index (χ0n) is 29.0. The van der Waals surface area contributed by atoms with Gasteiger partial charge in [-0.05, 0) is 74.5 Å². The highest BCUT2D eigenvalue weighted by Crippen LogP contribution is 2.41. The summed E-state index contributed by atoms with van der Waals surface area (Å²) in [6.45, 7) is 4.08. The lowest BCUT2D eigenvalue weighted by molar-refractivity contribution is 0.557. The van der Waals surface area contributed by atoms with Crippen molar-refractivity contribution in [3.63, 3.8) is 0 Å². The molecule has 4 aromatic carbocycles. The molecule has 0 saturated carbocycles. The molecule has 0 saturated heterocycles. The van der Waals surface area contributed by atoms with E-state index in [-0.39, 0.29) is 0 Å². The van der Waals surface area contributed by atoms with Crippen molar-refractivity contribution in [3.05, 3.63) is 193 Å². The van der Waals surface area contributed by atoms with Crippen LogP contribution in [0.25, 0.3) is 11.6 Å². The second kappa shape index (κ2) is 14.0. The quantitative estimate of drug-likeness (QED) is 0.141. The van der Waals surface area contributed by atoms with E-state index in [4.69, 9.17) is 9.97 Å². The van der Waals surface area contributed by atoms with Crippen molar-refractivity contribution < 1.29 is 8.78 Å². The molecule has 0 aliphatic heterocycles. The first-order valence-corrected chi connectivity index (χ1v) is 17.1. The summed E-state index contributed by atoms with van der Waals surface area (Å²) < 4.78 is 31.6. The molecule has 53 heavy (non-hydrogen) atoms. The Morgan fingerprint density at radius 2 is 0.755 bits per heavy atom. The van der Waals surface area contributed by atoms with Crippen LogP contribution in [0.3, 0.4) is 0 Å². The van der Waals surface area contributed by atoms with Crippen molar-refractivity contribution in [2.24, 2.45) is 0 Å². The topological polar surface area (TPSA) is 67.9 Å². The van der Waals surface area contributed by atoms with Gasteiger partial charge in [-0.25, -0.2) is 19.3 Å². The highest BCUT2D eigenvalue weighted by Gasteiger charge is 2.31. The molecule has 0 radical (unpaired) electrons. The van der Waals surface area contributed by atoms with Crippen molar-refractivity contribution in [1.82, 2.24) is 29.5 Å².